The van der Waals surface area contributed by atoms with Crippen molar-refractivity contribution in [2.75, 3.05) is 6.61 Å². The number of rotatable bonds is 7. The van der Waals surface area contributed by atoms with Crippen LogP contribution in [0.2, 0.25) is 0 Å². The summed E-state index contributed by atoms with van der Waals surface area (Å²) >= 11 is 0. The number of halogens is 5. The minimum atomic E-state index is -4.62. The molecule has 0 radical (unpaired) electrons. The zero-order valence-electron chi connectivity index (χ0n) is 16.7. The molecule has 2 aromatic rings. The Morgan fingerprint density at radius 1 is 0.933 bits per heavy atom. The lowest BCUT2D eigenvalue weighted by atomic mass is 9.77. The van der Waals surface area contributed by atoms with Crippen molar-refractivity contribution in [3.63, 3.8) is 0 Å². The lowest BCUT2D eigenvalue weighted by Gasteiger charge is -2.28. The molecule has 0 unspecified atom stereocenters. The van der Waals surface area contributed by atoms with Crippen LogP contribution < -0.4 is 4.74 Å². The van der Waals surface area contributed by atoms with Crippen LogP contribution in [0.5, 0.6) is 5.75 Å². The molecule has 1 nitrogen and oxygen atoms in total. The normalized spacial score (nSPS) is 19.5. The molecular formula is C24H25F5O. The van der Waals surface area contributed by atoms with E-state index < -0.39 is 30.2 Å². The van der Waals surface area contributed by atoms with Gasteiger partial charge in [0.15, 0.2) is 18.2 Å². The number of benzene rings is 2. The van der Waals surface area contributed by atoms with Crippen LogP contribution >= 0.6 is 0 Å². The first-order chi connectivity index (χ1) is 14.3. The van der Waals surface area contributed by atoms with E-state index in [9.17, 15) is 22.0 Å². The largest absolute Gasteiger partial charge is 0.481 e. The van der Waals surface area contributed by atoms with Gasteiger partial charge in [0.25, 0.3) is 0 Å². The van der Waals surface area contributed by atoms with Gasteiger partial charge in [-0.3, -0.25) is 0 Å². The molecule has 1 fully saturated rings. The predicted octanol–water partition coefficient (Wildman–Crippen LogP) is 7.81. The van der Waals surface area contributed by atoms with E-state index in [4.69, 9.17) is 0 Å². The van der Waals surface area contributed by atoms with E-state index in [1.807, 2.05) is 18.2 Å². The van der Waals surface area contributed by atoms with Crippen molar-refractivity contribution in [1.82, 2.24) is 0 Å². The van der Waals surface area contributed by atoms with Crippen molar-refractivity contribution in [3.8, 4) is 16.9 Å². The maximum Gasteiger partial charge on any atom is 0.422 e. The Hall–Kier alpha value is -2.37. The van der Waals surface area contributed by atoms with E-state index in [2.05, 4.69) is 11.3 Å². The van der Waals surface area contributed by atoms with Gasteiger partial charge in [-0.05, 0) is 73.6 Å². The summed E-state index contributed by atoms with van der Waals surface area (Å²) in [5.41, 5.74) is 1.63. The molecule has 0 heterocycles. The summed E-state index contributed by atoms with van der Waals surface area (Å²) in [6, 6.07) is 9.58. The van der Waals surface area contributed by atoms with Crippen LogP contribution in [0, 0.1) is 17.6 Å². The average molecular weight is 424 g/mol. The van der Waals surface area contributed by atoms with Gasteiger partial charge >= 0.3 is 6.18 Å². The number of hydrogen-bond donors (Lipinski definition) is 0. The molecule has 0 bridgehead atoms. The monoisotopic (exact) mass is 424 g/mol. The fourth-order valence-corrected chi connectivity index (χ4v) is 4.10. The second-order valence-electron chi connectivity index (χ2n) is 7.85. The second kappa shape index (κ2) is 9.63. The smallest absolute Gasteiger partial charge is 0.422 e. The summed E-state index contributed by atoms with van der Waals surface area (Å²) in [6.07, 6.45) is 4.14. The van der Waals surface area contributed by atoms with Crippen LogP contribution in [0.15, 0.2) is 49.1 Å². The second-order valence-corrected chi connectivity index (χ2v) is 7.85. The van der Waals surface area contributed by atoms with Crippen LogP contribution in [-0.4, -0.2) is 12.8 Å². The van der Waals surface area contributed by atoms with E-state index in [0.29, 0.717) is 11.5 Å². The van der Waals surface area contributed by atoms with E-state index >= 15 is 0 Å². The summed E-state index contributed by atoms with van der Waals surface area (Å²) in [7, 11) is 0. The van der Waals surface area contributed by atoms with Crippen molar-refractivity contribution in [3.05, 3.63) is 66.3 Å². The van der Waals surface area contributed by atoms with Crippen LogP contribution in [-0.2, 0) is 0 Å². The van der Waals surface area contributed by atoms with E-state index in [-0.39, 0.29) is 5.56 Å². The predicted molar refractivity (Wildman–Crippen MR) is 107 cm³/mol. The molecule has 0 saturated heterocycles. The van der Waals surface area contributed by atoms with Gasteiger partial charge in [0, 0.05) is 5.56 Å². The van der Waals surface area contributed by atoms with Crippen molar-refractivity contribution in [2.24, 2.45) is 5.92 Å². The number of alkyl halides is 3. The van der Waals surface area contributed by atoms with Crippen molar-refractivity contribution in [2.45, 2.75) is 50.6 Å². The quantitative estimate of drug-likeness (QED) is 0.325. The molecule has 0 spiro atoms. The van der Waals surface area contributed by atoms with Gasteiger partial charge < -0.3 is 4.74 Å². The molecule has 0 aliphatic heterocycles. The third kappa shape index (κ3) is 5.61. The molecule has 3 rings (SSSR count). The lowest BCUT2D eigenvalue weighted by molar-refractivity contribution is -0.153. The van der Waals surface area contributed by atoms with Crippen molar-refractivity contribution in [1.29, 1.82) is 0 Å². The Balaban J connectivity index is 1.68. The topological polar surface area (TPSA) is 9.23 Å². The first kappa shape index (κ1) is 22.3. The average Bonchev–Trinajstić information content (AvgIpc) is 2.73. The molecular weight excluding hydrogens is 399 g/mol. The molecule has 1 aliphatic rings. The molecule has 30 heavy (non-hydrogen) atoms. The summed E-state index contributed by atoms with van der Waals surface area (Å²) < 4.78 is 69.6. The van der Waals surface area contributed by atoms with E-state index in [0.717, 1.165) is 31.2 Å². The Kier molecular flexibility index (Phi) is 7.16. The van der Waals surface area contributed by atoms with Crippen molar-refractivity contribution < 1.29 is 26.7 Å². The van der Waals surface area contributed by atoms with Crippen molar-refractivity contribution >= 4 is 0 Å². The molecule has 162 valence electrons. The highest BCUT2D eigenvalue weighted by Crippen LogP contribution is 2.38. The van der Waals surface area contributed by atoms with Gasteiger partial charge in [-0.25, -0.2) is 4.39 Å². The Morgan fingerprint density at radius 3 is 2.20 bits per heavy atom. The summed E-state index contributed by atoms with van der Waals surface area (Å²) in [5.74, 6) is -2.19. The third-order valence-electron chi connectivity index (χ3n) is 5.76. The zero-order chi connectivity index (χ0) is 21.7. The molecule has 1 saturated carbocycles. The molecule has 0 amide bonds. The summed E-state index contributed by atoms with van der Waals surface area (Å²) in [4.78, 5) is 0. The van der Waals surface area contributed by atoms with Crippen LogP contribution in [0.1, 0.15) is 50.0 Å². The Bertz CT molecular complexity index is 849. The van der Waals surface area contributed by atoms with Crippen LogP contribution in [0.4, 0.5) is 22.0 Å². The maximum atomic E-state index is 14.4. The molecule has 0 atom stereocenters. The number of hydrogen-bond acceptors (Lipinski definition) is 1. The van der Waals surface area contributed by atoms with E-state index in [1.165, 1.54) is 30.9 Å². The van der Waals surface area contributed by atoms with Gasteiger partial charge in [0.2, 0.25) is 5.82 Å². The highest BCUT2D eigenvalue weighted by atomic mass is 19.4. The van der Waals surface area contributed by atoms with Crippen LogP contribution in [0.25, 0.3) is 11.1 Å². The SMILES string of the molecule is C=CCCC1CCC(c2ccc(-c3ccc(OCC(F)(F)F)c(F)c3F)cc2)CC1. The highest BCUT2D eigenvalue weighted by molar-refractivity contribution is 5.65. The minimum Gasteiger partial charge on any atom is -0.481 e. The molecule has 0 aromatic heterocycles. The number of ether oxygens (including phenoxy) is 1. The molecule has 1 aliphatic carbocycles. The fourth-order valence-electron chi connectivity index (χ4n) is 4.10. The lowest BCUT2D eigenvalue weighted by Crippen LogP contribution is -2.19. The Morgan fingerprint density at radius 2 is 1.60 bits per heavy atom. The van der Waals surface area contributed by atoms with E-state index in [1.54, 1.807) is 12.1 Å². The third-order valence-corrected chi connectivity index (χ3v) is 5.76. The van der Waals surface area contributed by atoms with Gasteiger partial charge in [0.1, 0.15) is 0 Å². The summed E-state index contributed by atoms with van der Waals surface area (Å²) in [6.45, 7) is 2.10. The van der Waals surface area contributed by atoms with Gasteiger partial charge in [0.05, 0.1) is 0 Å². The Labute approximate surface area is 173 Å². The maximum absolute atomic E-state index is 14.4. The minimum absolute atomic E-state index is 0.00783. The van der Waals surface area contributed by atoms with Crippen LogP contribution in [0.3, 0.4) is 0 Å². The first-order valence-corrected chi connectivity index (χ1v) is 10.2. The van der Waals surface area contributed by atoms with Gasteiger partial charge in [-0.2, -0.15) is 17.6 Å². The molecule has 6 heteroatoms. The van der Waals surface area contributed by atoms with Gasteiger partial charge in [-0.1, -0.05) is 30.3 Å². The molecule has 2 aromatic carbocycles. The number of allylic oxidation sites excluding steroid dienone is 1. The molecule has 0 N–H and O–H groups in total. The first-order valence-electron chi connectivity index (χ1n) is 10.2. The highest BCUT2D eigenvalue weighted by Gasteiger charge is 2.29. The fraction of sp³-hybridized carbons (Fsp3) is 0.417. The standard InChI is InChI=1S/C24H25F5O/c1-2-3-4-16-5-7-17(8-6-16)18-9-11-19(12-10-18)20-13-14-21(23(26)22(20)25)30-15-24(27,28)29/h2,9-14,16-17H,1,3-8,15H2. The zero-order valence-corrected chi connectivity index (χ0v) is 16.7. The van der Waals surface area contributed by atoms with Gasteiger partial charge in [-0.15, -0.1) is 6.58 Å². The summed E-state index contributed by atoms with van der Waals surface area (Å²) in [5, 5.41) is 0.